The van der Waals surface area contributed by atoms with Crippen molar-refractivity contribution in [1.29, 1.82) is 0 Å². The Balaban J connectivity index is 1.51. The highest BCUT2D eigenvalue weighted by atomic mass is 16.2. The number of piperazine rings is 1. The monoisotopic (exact) mass is 568 g/mol. The van der Waals surface area contributed by atoms with Crippen LogP contribution in [0.25, 0.3) is 5.70 Å². The molecule has 3 N–H and O–H groups in total. The number of fused-ring (bicyclic) bond motifs is 1. The van der Waals surface area contributed by atoms with Gasteiger partial charge in [-0.3, -0.25) is 14.6 Å². The summed E-state index contributed by atoms with van der Waals surface area (Å²) in [5, 5.41) is 3.26. The Morgan fingerprint density at radius 3 is 2.40 bits per heavy atom. The number of nitrogens with two attached hydrogens (primary N) is 1. The molecule has 0 spiro atoms. The molecule has 0 atom stereocenters. The number of benzene rings is 2. The van der Waals surface area contributed by atoms with Gasteiger partial charge in [-0.15, -0.1) is 0 Å². The first-order chi connectivity index (χ1) is 20.3. The number of carbonyl (C=O) groups excluding carboxylic acids is 2. The standard InChI is InChI=1S/C34H44N6O2/c1-6-9-31(26-12-10-24(7-2)32(21-26)36-4)37-29(8-3)22-30(35)34(42)40-15-14-25-11-13-27(20-28(25)23-40)33(41)39-18-16-38(5)17-19-39/h6,9-13,20-22,36H,1,7-8,14-19,23,35H2,2-5H3/b30-22-,31-9-,37-29+. The lowest BCUT2D eigenvalue weighted by Gasteiger charge is -2.33. The van der Waals surface area contributed by atoms with Gasteiger partial charge in [0, 0.05) is 68.8 Å². The average molecular weight is 569 g/mol. The van der Waals surface area contributed by atoms with Crippen LogP contribution in [-0.4, -0.2) is 79.0 Å². The van der Waals surface area contributed by atoms with E-state index >= 15 is 0 Å². The number of carbonyl (C=O) groups is 2. The van der Waals surface area contributed by atoms with E-state index in [4.69, 9.17) is 10.7 Å². The maximum atomic E-state index is 13.5. The minimum Gasteiger partial charge on any atom is -0.394 e. The van der Waals surface area contributed by atoms with Crippen molar-refractivity contribution in [3.63, 3.8) is 0 Å². The van der Waals surface area contributed by atoms with E-state index in [1.165, 1.54) is 11.1 Å². The van der Waals surface area contributed by atoms with Gasteiger partial charge in [0.1, 0.15) is 0 Å². The molecule has 2 aromatic carbocycles. The highest BCUT2D eigenvalue weighted by molar-refractivity contribution is 6.05. The molecule has 0 bridgehead atoms. The summed E-state index contributed by atoms with van der Waals surface area (Å²) in [4.78, 5) is 37.4. The number of nitrogens with one attached hydrogen (secondary N) is 1. The van der Waals surface area contributed by atoms with Gasteiger partial charge in [0.15, 0.2) is 0 Å². The zero-order valence-corrected chi connectivity index (χ0v) is 25.4. The second-order valence-electron chi connectivity index (χ2n) is 10.9. The lowest BCUT2D eigenvalue weighted by molar-refractivity contribution is -0.128. The van der Waals surface area contributed by atoms with Gasteiger partial charge < -0.3 is 25.8 Å². The Bertz CT molecular complexity index is 1420. The summed E-state index contributed by atoms with van der Waals surface area (Å²) in [5.41, 5.74) is 14.1. The van der Waals surface area contributed by atoms with Crippen molar-refractivity contribution in [1.82, 2.24) is 14.7 Å². The fraction of sp³-hybridized carbons (Fsp3) is 0.382. The number of likely N-dealkylation sites (N-methyl/N-ethyl adjacent to an activating group) is 1. The molecule has 0 aromatic heterocycles. The molecule has 0 unspecified atom stereocenters. The number of rotatable bonds is 9. The van der Waals surface area contributed by atoms with Gasteiger partial charge >= 0.3 is 0 Å². The zero-order valence-electron chi connectivity index (χ0n) is 25.4. The molecule has 2 aromatic rings. The number of hydrogen-bond donors (Lipinski definition) is 2. The minimum atomic E-state index is -0.225. The predicted molar refractivity (Wildman–Crippen MR) is 173 cm³/mol. The van der Waals surface area contributed by atoms with Gasteiger partial charge in [0.05, 0.1) is 11.4 Å². The lowest BCUT2D eigenvalue weighted by Crippen LogP contribution is -2.47. The highest BCUT2D eigenvalue weighted by Gasteiger charge is 2.25. The maximum Gasteiger partial charge on any atom is 0.270 e. The van der Waals surface area contributed by atoms with Gasteiger partial charge in [0.25, 0.3) is 11.8 Å². The van der Waals surface area contributed by atoms with Crippen molar-refractivity contribution in [2.75, 3.05) is 52.1 Å². The third-order valence-corrected chi connectivity index (χ3v) is 8.07. The van der Waals surface area contributed by atoms with Crippen molar-refractivity contribution in [2.24, 2.45) is 10.7 Å². The fourth-order valence-corrected chi connectivity index (χ4v) is 5.43. The van der Waals surface area contributed by atoms with Crippen LogP contribution in [0, 0.1) is 0 Å². The lowest BCUT2D eigenvalue weighted by atomic mass is 9.96. The first-order valence-electron chi connectivity index (χ1n) is 14.8. The summed E-state index contributed by atoms with van der Waals surface area (Å²) < 4.78 is 0. The number of allylic oxidation sites excluding steroid dienone is 3. The summed E-state index contributed by atoms with van der Waals surface area (Å²) in [5.74, 6) is -0.177. The normalized spacial score (nSPS) is 16.7. The molecule has 0 saturated carbocycles. The quantitative estimate of drug-likeness (QED) is 0.264. The Labute approximate surface area is 250 Å². The van der Waals surface area contributed by atoms with Crippen molar-refractivity contribution >= 4 is 28.9 Å². The summed E-state index contributed by atoms with van der Waals surface area (Å²) >= 11 is 0. The first kappa shape index (κ1) is 30.8. The molecule has 222 valence electrons. The van der Waals surface area contributed by atoms with Crippen molar-refractivity contribution in [3.05, 3.63) is 94.7 Å². The average Bonchev–Trinajstić information content (AvgIpc) is 3.02. The van der Waals surface area contributed by atoms with E-state index in [2.05, 4.69) is 49.0 Å². The van der Waals surface area contributed by atoms with Crippen LogP contribution in [0.1, 0.15) is 52.9 Å². The number of hydrogen-bond acceptors (Lipinski definition) is 6. The van der Waals surface area contributed by atoms with Gasteiger partial charge in [-0.25, -0.2) is 0 Å². The largest absolute Gasteiger partial charge is 0.394 e. The summed E-state index contributed by atoms with van der Waals surface area (Å²) in [6.07, 6.45) is 7.52. The maximum absolute atomic E-state index is 13.5. The second-order valence-corrected chi connectivity index (χ2v) is 10.9. The first-order valence-corrected chi connectivity index (χ1v) is 14.8. The minimum absolute atomic E-state index is 0.0483. The molecule has 8 heteroatoms. The number of nitrogens with zero attached hydrogens (tertiary/aromatic N) is 4. The Kier molecular flexibility index (Phi) is 10.4. The molecule has 1 saturated heterocycles. The molecule has 2 aliphatic rings. The van der Waals surface area contributed by atoms with Crippen LogP contribution in [0.3, 0.4) is 0 Å². The van der Waals surface area contributed by atoms with Crippen LogP contribution in [0.4, 0.5) is 5.69 Å². The van der Waals surface area contributed by atoms with Gasteiger partial charge in [-0.2, -0.15) is 0 Å². The van der Waals surface area contributed by atoms with E-state index in [1.54, 1.807) is 17.1 Å². The van der Waals surface area contributed by atoms with Gasteiger partial charge in [0.2, 0.25) is 0 Å². The van der Waals surface area contributed by atoms with Crippen LogP contribution in [0.2, 0.25) is 0 Å². The van der Waals surface area contributed by atoms with Crippen molar-refractivity contribution < 1.29 is 9.59 Å². The zero-order chi connectivity index (χ0) is 30.2. The third-order valence-electron chi connectivity index (χ3n) is 8.07. The molecule has 0 aliphatic carbocycles. The third kappa shape index (κ3) is 7.18. The molecular weight excluding hydrogens is 524 g/mol. The van der Waals surface area contributed by atoms with E-state index in [-0.39, 0.29) is 17.5 Å². The van der Waals surface area contributed by atoms with E-state index in [0.717, 1.165) is 61.5 Å². The summed E-state index contributed by atoms with van der Waals surface area (Å²) in [6.45, 7) is 12.2. The summed E-state index contributed by atoms with van der Waals surface area (Å²) in [6, 6.07) is 12.1. The van der Waals surface area contributed by atoms with Crippen LogP contribution >= 0.6 is 0 Å². The van der Waals surface area contributed by atoms with Gasteiger partial charge in [-0.05, 0) is 73.4 Å². The molecule has 2 heterocycles. The van der Waals surface area contributed by atoms with Crippen LogP contribution in [-0.2, 0) is 24.2 Å². The predicted octanol–water partition coefficient (Wildman–Crippen LogP) is 4.48. The highest BCUT2D eigenvalue weighted by Crippen LogP contribution is 2.25. The second kappa shape index (κ2) is 14.1. The Morgan fingerprint density at radius 1 is 1.00 bits per heavy atom. The Hall–Kier alpha value is -4.17. The van der Waals surface area contributed by atoms with Gasteiger partial charge in [-0.1, -0.05) is 44.7 Å². The van der Waals surface area contributed by atoms with Crippen molar-refractivity contribution in [2.45, 2.75) is 39.7 Å². The molecule has 1 fully saturated rings. The molecule has 2 amide bonds. The number of aryl methyl sites for hydroxylation is 1. The molecule has 8 nitrogen and oxygen atoms in total. The van der Waals surface area contributed by atoms with E-state index in [0.29, 0.717) is 30.8 Å². The number of aliphatic imine (C=N–C) groups is 1. The van der Waals surface area contributed by atoms with Crippen LogP contribution in [0.5, 0.6) is 0 Å². The molecule has 0 radical (unpaired) electrons. The van der Waals surface area contributed by atoms with E-state index in [1.807, 2.05) is 43.1 Å². The summed E-state index contributed by atoms with van der Waals surface area (Å²) in [7, 11) is 3.99. The number of amides is 2. The molecule has 4 rings (SSSR count). The van der Waals surface area contributed by atoms with Crippen LogP contribution in [0.15, 0.2) is 71.9 Å². The Morgan fingerprint density at radius 2 is 1.74 bits per heavy atom. The van der Waals surface area contributed by atoms with E-state index < -0.39 is 0 Å². The van der Waals surface area contributed by atoms with E-state index in [9.17, 15) is 9.59 Å². The van der Waals surface area contributed by atoms with Crippen LogP contribution < -0.4 is 11.1 Å². The fourth-order valence-electron chi connectivity index (χ4n) is 5.43. The number of anilines is 1. The molecular formula is C34H44N6O2. The molecule has 2 aliphatic heterocycles. The smallest absolute Gasteiger partial charge is 0.270 e. The topological polar surface area (TPSA) is 94.3 Å². The SMILES string of the molecule is C=C\C=C(/N=C(/C=C(\N)C(=O)N1CCc2ccc(C(=O)N3CCN(C)CC3)cc2C1)CC)c1ccc(CC)c(NC)c1. The van der Waals surface area contributed by atoms with Crippen molar-refractivity contribution in [3.8, 4) is 0 Å². The molecule has 42 heavy (non-hydrogen) atoms.